The summed E-state index contributed by atoms with van der Waals surface area (Å²) in [5.74, 6) is 0.483. The van der Waals surface area contributed by atoms with Crippen molar-refractivity contribution in [1.82, 2.24) is 10.2 Å². The number of carbonyl (C=O) groups is 3. The van der Waals surface area contributed by atoms with Gasteiger partial charge in [-0.1, -0.05) is 12.1 Å². The fourth-order valence-electron chi connectivity index (χ4n) is 3.50. The third-order valence-corrected chi connectivity index (χ3v) is 4.97. The Labute approximate surface area is 187 Å². The molecule has 0 aromatic heterocycles. The van der Waals surface area contributed by atoms with Gasteiger partial charge in [0.25, 0.3) is 5.91 Å². The van der Waals surface area contributed by atoms with Crippen LogP contribution in [0.4, 0.5) is 5.69 Å². The number of amides is 3. The first-order valence-corrected chi connectivity index (χ1v) is 10.8. The Bertz CT molecular complexity index is 976. The molecule has 0 radical (unpaired) electrons. The molecule has 2 aromatic carbocycles. The van der Waals surface area contributed by atoms with E-state index in [4.69, 9.17) is 9.47 Å². The van der Waals surface area contributed by atoms with Crippen LogP contribution < -0.4 is 20.1 Å². The van der Waals surface area contributed by atoms with E-state index in [1.807, 2.05) is 36.9 Å². The van der Waals surface area contributed by atoms with Crippen LogP contribution in [0.1, 0.15) is 42.6 Å². The summed E-state index contributed by atoms with van der Waals surface area (Å²) in [5, 5.41) is 5.40. The lowest BCUT2D eigenvalue weighted by atomic mass is 10.2. The van der Waals surface area contributed by atoms with E-state index in [-0.39, 0.29) is 24.3 Å². The molecule has 170 valence electrons. The molecule has 8 heteroatoms. The van der Waals surface area contributed by atoms with Gasteiger partial charge in [0.05, 0.1) is 19.8 Å². The molecule has 0 unspecified atom stereocenters. The van der Waals surface area contributed by atoms with E-state index in [1.54, 1.807) is 24.3 Å². The second-order valence-corrected chi connectivity index (χ2v) is 7.38. The smallest absolute Gasteiger partial charge is 0.251 e. The molecule has 8 nitrogen and oxygen atoms in total. The van der Waals surface area contributed by atoms with Gasteiger partial charge in [0.1, 0.15) is 0 Å². The highest BCUT2D eigenvalue weighted by molar-refractivity contribution is 5.99. The van der Waals surface area contributed by atoms with Crippen LogP contribution in [0.3, 0.4) is 0 Å². The Morgan fingerprint density at radius 2 is 1.81 bits per heavy atom. The molecular formula is C24H29N3O5. The van der Waals surface area contributed by atoms with Crippen LogP contribution in [0.15, 0.2) is 42.5 Å². The molecule has 0 bridgehead atoms. The average Bonchev–Trinajstić information content (AvgIpc) is 3.18. The number of nitrogens with zero attached hydrogens (tertiary/aromatic N) is 1. The van der Waals surface area contributed by atoms with Gasteiger partial charge in [-0.25, -0.2) is 0 Å². The zero-order chi connectivity index (χ0) is 22.9. The van der Waals surface area contributed by atoms with E-state index in [9.17, 15) is 14.4 Å². The van der Waals surface area contributed by atoms with E-state index in [1.165, 1.54) is 0 Å². The van der Waals surface area contributed by atoms with E-state index < -0.39 is 0 Å². The number of likely N-dealkylation sites (tertiary alicyclic amines) is 1. The fraction of sp³-hybridized carbons (Fsp3) is 0.375. The van der Waals surface area contributed by atoms with Crippen molar-refractivity contribution in [2.24, 2.45) is 0 Å². The highest BCUT2D eigenvalue weighted by Crippen LogP contribution is 2.28. The average molecular weight is 440 g/mol. The third kappa shape index (κ3) is 6.23. The molecule has 1 aliphatic heterocycles. The lowest BCUT2D eigenvalue weighted by Gasteiger charge is -2.16. The highest BCUT2D eigenvalue weighted by atomic mass is 16.5. The maximum atomic E-state index is 12.5. The predicted octanol–water partition coefficient (Wildman–Crippen LogP) is 2.97. The molecule has 0 aliphatic carbocycles. The number of rotatable bonds is 10. The molecule has 3 rings (SSSR count). The van der Waals surface area contributed by atoms with Crippen LogP contribution in [0, 0.1) is 0 Å². The van der Waals surface area contributed by atoms with Gasteiger partial charge in [0.15, 0.2) is 11.5 Å². The molecule has 2 N–H and O–H groups in total. The Morgan fingerprint density at radius 1 is 1.03 bits per heavy atom. The molecule has 0 saturated carbocycles. The monoisotopic (exact) mass is 439 g/mol. The number of hydrogen-bond donors (Lipinski definition) is 2. The van der Waals surface area contributed by atoms with E-state index in [0.717, 1.165) is 18.5 Å². The van der Waals surface area contributed by atoms with Crippen LogP contribution in [-0.2, 0) is 16.1 Å². The maximum absolute atomic E-state index is 12.5. The zero-order valence-electron chi connectivity index (χ0n) is 18.5. The number of benzene rings is 2. The number of nitrogens with one attached hydrogen (secondary N) is 2. The lowest BCUT2D eigenvalue weighted by molar-refractivity contribution is -0.128. The Kier molecular flexibility index (Phi) is 8.08. The molecule has 2 aromatic rings. The van der Waals surface area contributed by atoms with E-state index in [2.05, 4.69) is 10.6 Å². The summed E-state index contributed by atoms with van der Waals surface area (Å²) in [6.07, 6.45) is 1.48. The van der Waals surface area contributed by atoms with Crippen LogP contribution in [-0.4, -0.2) is 48.9 Å². The van der Waals surface area contributed by atoms with Gasteiger partial charge in [0, 0.05) is 30.8 Å². The van der Waals surface area contributed by atoms with Crippen LogP contribution in [0.5, 0.6) is 11.5 Å². The summed E-state index contributed by atoms with van der Waals surface area (Å²) in [4.78, 5) is 38.4. The van der Waals surface area contributed by atoms with Crippen molar-refractivity contribution in [2.75, 3.05) is 31.6 Å². The number of hydrogen-bond acceptors (Lipinski definition) is 5. The normalized spacial score (nSPS) is 13.1. The van der Waals surface area contributed by atoms with Crippen LogP contribution in [0.2, 0.25) is 0 Å². The molecule has 1 heterocycles. The largest absolute Gasteiger partial charge is 0.490 e. The molecule has 0 atom stereocenters. The van der Waals surface area contributed by atoms with Gasteiger partial charge in [-0.3, -0.25) is 14.4 Å². The van der Waals surface area contributed by atoms with Crippen molar-refractivity contribution >= 4 is 23.4 Å². The highest BCUT2D eigenvalue weighted by Gasteiger charge is 2.20. The Balaban J connectivity index is 1.54. The van der Waals surface area contributed by atoms with Crippen molar-refractivity contribution in [1.29, 1.82) is 0 Å². The van der Waals surface area contributed by atoms with Crippen LogP contribution in [0.25, 0.3) is 0 Å². The molecule has 1 fully saturated rings. The number of anilines is 1. The minimum Gasteiger partial charge on any atom is -0.490 e. The van der Waals surface area contributed by atoms with E-state index in [0.29, 0.717) is 48.9 Å². The van der Waals surface area contributed by atoms with E-state index >= 15 is 0 Å². The Morgan fingerprint density at radius 3 is 2.53 bits per heavy atom. The van der Waals surface area contributed by atoms with Gasteiger partial charge in [0.2, 0.25) is 11.8 Å². The minimum atomic E-state index is -0.384. The second-order valence-electron chi connectivity index (χ2n) is 7.38. The van der Waals surface area contributed by atoms with Crippen molar-refractivity contribution < 1.29 is 23.9 Å². The number of ether oxygens (including phenoxy) is 2. The topological polar surface area (TPSA) is 97.0 Å². The summed E-state index contributed by atoms with van der Waals surface area (Å²) >= 11 is 0. The minimum absolute atomic E-state index is 0.156. The summed E-state index contributed by atoms with van der Waals surface area (Å²) < 4.78 is 11.0. The standard InChI is InChI=1S/C24H29N3O5/c1-3-31-20-11-10-18(14-21(20)32-4-2)24(30)25-15-22(28)26-19-8-5-7-17(13-19)16-27-12-6-9-23(27)29/h5,7-8,10-11,13-14H,3-4,6,9,12,15-16H2,1-2H3,(H,25,30)(H,26,28). The van der Waals surface area contributed by atoms with Crippen molar-refractivity contribution in [3.8, 4) is 11.5 Å². The van der Waals surface area contributed by atoms with Gasteiger partial charge in [-0.15, -0.1) is 0 Å². The molecule has 0 spiro atoms. The lowest BCUT2D eigenvalue weighted by Crippen LogP contribution is -2.32. The molecular weight excluding hydrogens is 410 g/mol. The first-order valence-electron chi connectivity index (χ1n) is 10.8. The third-order valence-electron chi connectivity index (χ3n) is 4.97. The Hall–Kier alpha value is -3.55. The molecule has 32 heavy (non-hydrogen) atoms. The van der Waals surface area contributed by atoms with Gasteiger partial charge < -0.3 is 25.0 Å². The summed E-state index contributed by atoms with van der Waals surface area (Å²) in [5.41, 5.74) is 1.94. The summed E-state index contributed by atoms with van der Waals surface area (Å²) in [6.45, 7) is 5.77. The second kappa shape index (κ2) is 11.2. The summed E-state index contributed by atoms with van der Waals surface area (Å²) in [6, 6.07) is 12.3. The van der Waals surface area contributed by atoms with Crippen molar-refractivity contribution in [3.05, 3.63) is 53.6 Å². The number of carbonyl (C=O) groups excluding carboxylic acids is 3. The van der Waals surface area contributed by atoms with Gasteiger partial charge in [-0.05, 0) is 56.2 Å². The molecule has 3 amide bonds. The van der Waals surface area contributed by atoms with Gasteiger partial charge in [-0.2, -0.15) is 0 Å². The van der Waals surface area contributed by atoms with Crippen molar-refractivity contribution in [3.63, 3.8) is 0 Å². The molecule has 1 aliphatic rings. The van der Waals surface area contributed by atoms with Crippen molar-refractivity contribution in [2.45, 2.75) is 33.2 Å². The van der Waals surface area contributed by atoms with Gasteiger partial charge >= 0.3 is 0 Å². The fourth-order valence-corrected chi connectivity index (χ4v) is 3.50. The first-order chi connectivity index (χ1) is 15.5. The first kappa shape index (κ1) is 23.1. The molecule has 1 saturated heterocycles. The summed E-state index contributed by atoms with van der Waals surface area (Å²) in [7, 11) is 0. The predicted molar refractivity (Wildman–Crippen MR) is 121 cm³/mol. The van der Waals surface area contributed by atoms with Crippen LogP contribution >= 0.6 is 0 Å². The zero-order valence-corrected chi connectivity index (χ0v) is 18.5. The maximum Gasteiger partial charge on any atom is 0.251 e. The quantitative estimate of drug-likeness (QED) is 0.593. The SMILES string of the molecule is CCOc1ccc(C(=O)NCC(=O)Nc2cccc(CN3CCCC3=O)c2)cc1OCC.